The van der Waals surface area contributed by atoms with Crippen LogP contribution in [-0.4, -0.2) is 91.1 Å². The van der Waals surface area contributed by atoms with Gasteiger partial charge in [0.25, 0.3) is 5.91 Å². The number of halogens is 2. The lowest BCUT2D eigenvalue weighted by Crippen LogP contribution is -2.52. The van der Waals surface area contributed by atoms with Crippen LogP contribution in [0, 0.1) is 24.5 Å². The van der Waals surface area contributed by atoms with Crippen LogP contribution >= 0.6 is 0 Å². The van der Waals surface area contributed by atoms with Gasteiger partial charge in [-0.15, -0.1) is 0 Å². The van der Waals surface area contributed by atoms with Gasteiger partial charge < -0.3 is 24.5 Å². The van der Waals surface area contributed by atoms with Crippen LogP contribution in [0.3, 0.4) is 0 Å². The van der Waals surface area contributed by atoms with E-state index < -0.39 is 11.9 Å². The molecule has 10 nitrogen and oxygen atoms in total. The highest BCUT2D eigenvalue weighted by atomic mass is 19.1. The highest BCUT2D eigenvalue weighted by molar-refractivity contribution is 6.05. The Morgan fingerprint density at radius 1 is 0.807 bits per heavy atom. The molecule has 3 amide bonds. The second-order valence-electron chi connectivity index (χ2n) is 16.3. The van der Waals surface area contributed by atoms with Crippen LogP contribution in [0.2, 0.25) is 0 Å². The normalized spacial score (nSPS) is 23.0. The SMILES string of the molecule is Cc1cc([C@H]2COc3cc(O)ccc3[C@H]2c2ccc(N3CCC(CN4CCN(c5ccc6c(c5)CN([C@H]5CCC(=O)NC5=O)C6=O)CC4)CC3)c(F)c2)ccc1F. The van der Waals surface area contributed by atoms with Crippen molar-refractivity contribution in [2.24, 2.45) is 5.92 Å². The van der Waals surface area contributed by atoms with E-state index in [0.717, 1.165) is 86.6 Å². The lowest BCUT2D eigenvalue weighted by atomic mass is 9.75. The highest BCUT2D eigenvalue weighted by Crippen LogP contribution is 2.48. The number of fused-ring (bicyclic) bond motifs is 2. The molecule has 4 aromatic rings. The minimum Gasteiger partial charge on any atom is -0.508 e. The van der Waals surface area contributed by atoms with Gasteiger partial charge in [-0.25, -0.2) is 8.78 Å². The van der Waals surface area contributed by atoms with E-state index in [1.165, 1.54) is 6.07 Å². The first kappa shape index (κ1) is 37.1. The summed E-state index contributed by atoms with van der Waals surface area (Å²) in [5, 5.41) is 12.5. The van der Waals surface area contributed by atoms with Gasteiger partial charge in [0.15, 0.2) is 0 Å². The molecule has 0 saturated carbocycles. The first-order chi connectivity index (χ1) is 27.6. The van der Waals surface area contributed by atoms with E-state index in [1.54, 1.807) is 36.1 Å². The molecule has 4 aromatic carbocycles. The minimum atomic E-state index is -0.618. The molecule has 3 fully saturated rings. The Labute approximate surface area is 331 Å². The Morgan fingerprint density at radius 2 is 1.60 bits per heavy atom. The van der Waals surface area contributed by atoms with Gasteiger partial charge in [0.05, 0.1) is 12.3 Å². The largest absolute Gasteiger partial charge is 0.508 e. The number of aromatic hydroxyl groups is 1. The maximum absolute atomic E-state index is 16.1. The van der Waals surface area contributed by atoms with Crippen LogP contribution in [0.5, 0.6) is 11.5 Å². The van der Waals surface area contributed by atoms with Crippen molar-refractivity contribution in [2.45, 2.75) is 57.0 Å². The molecule has 5 heterocycles. The molecule has 3 saturated heterocycles. The molecule has 0 aliphatic carbocycles. The first-order valence-corrected chi connectivity index (χ1v) is 20.1. The molecular weight excluding hydrogens is 729 g/mol. The number of piperidine rings is 2. The van der Waals surface area contributed by atoms with Crippen LogP contribution in [-0.2, 0) is 16.1 Å². The zero-order valence-electron chi connectivity index (χ0n) is 32.1. The zero-order chi connectivity index (χ0) is 39.4. The number of carbonyl (C=O) groups excluding carboxylic acids is 3. The van der Waals surface area contributed by atoms with Crippen molar-refractivity contribution in [1.29, 1.82) is 0 Å². The van der Waals surface area contributed by atoms with Crippen molar-refractivity contribution >= 4 is 29.1 Å². The van der Waals surface area contributed by atoms with E-state index in [0.29, 0.717) is 48.1 Å². The molecule has 0 aromatic heterocycles. The van der Waals surface area contributed by atoms with Crippen LogP contribution in [0.15, 0.2) is 72.8 Å². The van der Waals surface area contributed by atoms with Crippen molar-refractivity contribution in [1.82, 2.24) is 15.1 Å². The molecule has 296 valence electrons. The highest BCUT2D eigenvalue weighted by Gasteiger charge is 2.40. The van der Waals surface area contributed by atoms with Crippen LogP contribution in [0.1, 0.15) is 75.7 Å². The van der Waals surface area contributed by atoms with Gasteiger partial charge in [-0.3, -0.25) is 24.6 Å². The lowest BCUT2D eigenvalue weighted by molar-refractivity contribution is -0.136. The quantitative estimate of drug-likeness (QED) is 0.218. The Hall–Kier alpha value is -5.49. The average Bonchev–Trinajstić information content (AvgIpc) is 3.53. The molecule has 0 bridgehead atoms. The number of hydrogen-bond acceptors (Lipinski definition) is 8. The number of anilines is 2. The molecule has 57 heavy (non-hydrogen) atoms. The predicted octanol–water partition coefficient (Wildman–Crippen LogP) is 6.09. The van der Waals surface area contributed by atoms with E-state index in [4.69, 9.17) is 4.74 Å². The summed E-state index contributed by atoms with van der Waals surface area (Å²) in [6.45, 7) is 8.61. The van der Waals surface area contributed by atoms with Gasteiger partial charge in [-0.2, -0.15) is 0 Å². The van der Waals surface area contributed by atoms with Gasteiger partial charge in [0.2, 0.25) is 11.8 Å². The third-order valence-electron chi connectivity index (χ3n) is 12.8. The van der Waals surface area contributed by atoms with Crippen LogP contribution in [0.4, 0.5) is 20.2 Å². The van der Waals surface area contributed by atoms with E-state index >= 15 is 4.39 Å². The molecule has 5 aliphatic rings. The lowest BCUT2D eigenvalue weighted by Gasteiger charge is -2.40. The van der Waals surface area contributed by atoms with Crippen molar-refractivity contribution in [3.8, 4) is 11.5 Å². The number of amides is 3. The molecule has 5 aliphatic heterocycles. The number of carbonyl (C=O) groups is 3. The molecule has 3 atom stereocenters. The first-order valence-electron chi connectivity index (χ1n) is 20.1. The smallest absolute Gasteiger partial charge is 0.255 e. The molecule has 9 rings (SSSR count). The number of ether oxygens (including phenoxy) is 1. The topological polar surface area (TPSA) is 106 Å². The van der Waals surface area contributed by atoms with E-state index in [2.05, 4.69) is 26.1 Å². The van der Waals surface area contributed by atoms with Gasteiger partial charge >= 0.3 is 0 Å². The summed E-state index contributed by atoms with van der Waals surface area (Å²) < 4.78 is 36.4. The van der Waals surface area contributed by atoms with Gasteiger partial charge in [0.1, 0.15) is 29.2 Å². The summed E-state index contributed by atoms with van der Waals surface area (Å²) in [7, 11) is 0. The van der Waals surface area contributed by atoms with Crippen molar-refractivity contribution in [2.75, 3.05) is 62.2 Å². The number of nitrogens with zero attached hydrogens (tertiary/aromatic N) is 4. The molecule has 0 radical (unpaired) electrons. The third-order valence-corrected chi connectivity index (χ3v) is 12.8. The van der Waals surface area contributed by atoms with Gasteiger partial charge in [0, 0.05) is 93.5 Å². The number of hydrogen-bond donors (Lipinski definition) is 2. The Bertz CT molecular complexity index is 2230. The number of benzene rings is 4. The summed E-state index contributed by atoms with van der Waals surface area (Å²) in [6.07, 6.45) is 2.55. The summed E-state index contributed by atoms with van der Waals surface area (Å²) in [5.41, 5.74) is 6.38. The average molecular weight is 776 g/mol. The molecule has 0 unspecified atom stereocenters. The monoisotopic (exact) mass is 775 g/mol. The summed E-state index contributed by atoms with van der Waals surface area (Å²) in [5.74, 6) is -0.579. The maximum Gasteiger partial charge on any atom is 0.255 e. The predicted molar refractivity (Wildman–Crippen MR) is 212 cm³/mol. The second kappa shape index (κ2) is 15.1. The fourth-order valence-electron chi connectivity index (χ4n) is 9.64. The van der Waals surface area contributed by atoms with Crippen LogP contribution in [0.25, 0.3) is 0 Å². The standard InChI is InChI=1S/C45H47F2N5O5/c1-27-20-29(2-8-37(27)46)36-26-57-41-23-33(53)5-7-35(41)43(36)30-3-9-39(38(47)22-30)51-14-12-28(13-15-51)24-49-16-18-50(19-17-49)32-4-6-34-31(21-32)25-52(45(34)56)40-10-11-42(54)48-44(40)55/h2-9,20-23,28,36,40,43,53H,10-19,24-26H2,1H3,(H,48,54,55)/t36-,40+,43-/m1/s1. The molecule has 0 spiro atoms. The van der Waals surface area contributed by atoms with Crippen molar-refractivity contribution in [3.63, 3.8) is 0 Å². The Morgan fingerprint density at radius 3 is 2.35 bits per heavy atom. The van der Waals surface area contributed by atoms with E-state index in [9.17, 15) is 23.9 Å². The number of imide groups is 1. The van der Waals surface area contributed by atoms with Crippen molar-refractivity contribution < 1.29 is 33.0 Å². The fraction of sp³-hybridized carbons (Fsp3) is 0.400. The number of aryl methyl sites for hydroxylation is 1. The zero-order valence-corrected chi connectivity index (χ0v) is 32.1. The third kappa shape index (κ3) is 7.20. The summed E-state index contributed by atoms with van der Waals surface area (Å²) in [6, 6.07) is 21.0. The molecular formula is C45H47F2N5O5. The Kier molecular flexibility index (Phi) is 9.84. The number of phenols is 1. The molecule has 2 N–H and O–H groups in total. The number of phenolic OH excluding ortho intramolecular Hbond substituents is 1. The van der Waals surface area contributed by atoms with Gasteiger partial charge in [-0.05, 0) is 96.8 Å². The summed E-state index contributed by atoms with van der Waals surface area (Å²) in [4.78, 5) is 45.9. The number of piperazine rings is 1. The second-order valence-corrected chi connectivity index (χ2v) is 16.3. The maximum atomic E-state index is 16.1. The van der Waals surface area contributed by atoms with E-state index in [1.807, 2.05) is 36.4 Å². The summed E-state index contributed by atoms with van der Waals surface area (Å²) >= 11 is 0. The van der Waals surface area contributed by atoms with Crippen LogP contribution < -0.4 is 19.9 Å². The fourth-order valence-corrected chi connectivity index (χ4v) is 9.64. The Balaban J connectivity index is 0.803. The number of nitrogens with one attached hydrogen (secondary N) is 1. The van der Waals surface area contributed by atoms with E-state index in [-0.39, 0.29) is 47.5 Å². The van der Waals surface area contributed by atoms with Gasteiger partial charge in [-0.1, -0.05) is 24.3 Å². The van der Waals surface area contributed by atoms with Crippen molar-refractivity contribution in [3.05, 3.63) is 118 Å². The number of rotatable bonds is 7. The minimum absolute atomic E-state index is 0.105. The molecule has 12 heteroatoms.